The number of rotatable bonds is 10. The van der Waals surface area contributed by atoms with E-state index in [2.05, 4.69) is 0 Å². The van der Waals surface area contributed by atoms with Gasteiger partial charge in [0.1, 0.15) is 18.3 Å². The number of ether oxygens (including phenoxy) is 6. The lowest BCUT2D eigenvalue weighted by atomic mass is 9.77. The van der Waals surface area contributed by atoms with E-state index in [1.165, 1.54) is 20.3 Å². The highest BCUT2D eigenvalue weighted by Gasteiger charge is 2.52. The van der Waals surface area contributed by atoms with Crippen LogP contribution >= 0.6 is 0 Å². The number of aliphatic hydroxyl groups is 6. The third-order valence-corrected chi connectivity index (χ3v) is 12.5. The van der Waals surface area contributed by atoms with Crippen LogP contribution in [-0.2, 0) is 33.2 Å². The summed E-state index contributed by atoms with van der Waals surface area (Å²) in [6.07, 6.45) is 3.82. The molecular formula is C45H74O13. The van der Waals surface area contributed by atoms with Crippen LogP contribution in [-0.4, -0.2) is 124 Å². The molecule has 3 aliphatic rings. The maximum atomic E-state index is 13.9. The van der Waals surface area contributed by atoms with Crippen molar-refractivity contribution >= 4 is 5.97 Å². The first kappa shape index (κ1) is 49.9. The van der Waals surface area contributed by atoms with Crippen molar-refractivity contribution in [1.29, 1.82) is 0 Å². The largest absolute Gasteiger partial charge is 0.490 e. The van der Waals surface area contributed by atoms with E-state index in [1.54, 1.807) is 39.8 Å². The standard InChI is InChI=1S/C45H74O13/c1-13-16-34-28(7)37(56-38-22-33(46)42(50)31(10)55-38)23-45(52,58-34)30(9)41(49)29(8)43-35(53-11)18-15-17-24(3)19-26(5)39(47)32(14-2)40(48)27(6)20-25(4)21-36(54-12)44(51)57-43/h13,15-18,20-21,26-35,37-43,46-50,52H,14,19,22-23H2,1-12H3/b16-13+,18-15+,24-17+,25-20+,36-21-/t26-,27-,28-,29+,30+,31-,32?,33-,34-,35+,37-,38+,39+,40-,41-,42-,43?,45-/m1/s1. The van der Waals surface area contributed by atoms with Gasteiger partial charge in [0.2, 0.25) is 5.76 Å². The number of hydrogen-bond donors (Lipinski definition) is 6. The molecule has 2 fully saturated rings. The fourth-order valence-corrected chi connectivity index (χ4v) is 8.64. The van der Waals surface area contributed by atoms with Crippen LogP contribution < -0.4 is 0 Å². The van der Waals surface area contributed by atoms with Crippen molar-refractivity contribution in [2.75, 3.05) is 14.2 Å². The van der Waals surface area contributed by atoms with Crippen LogP contribution in [0.2, 0.25) is 0 Å². The molecule has 13 nitrogen and oxygen atoms in total. The second-order valence-electron chi connectivity index (χ2n) is 17.1. The first-order valence-electron chi connectivity index (χ1n) is 21.0. The predicted octanol–water partition coefficient (Wildman–Crippen LogP) is 4.88. The van der Waals surface area contributed by atoms with Gasteiger partial charge in [-0.1, -0.05) is 89.1 Å². The Balaban J connectivity index is 2.02. The molecule has 3 aliphatic heterocycles. The van der Waals surface area contributed by atoms with Gasteiger partial charge in [0.25, 0.3) is 0 Å². The van der Waals surface area contributed by atoms with Crippen molar-refractivity contribution in [2.45, 2.75) is 168 Å². The molecule has 0 aliphatic carbocycles. The molecule has 0 bridgehead atoms. The Labute approximate surface area is 346 Å². The number of hydrogen-bond acceptors (Lipinski definition) is 13. The van der Waals surface area contributed by atoms with Gasteiger partial charge in [0.05, 0.1) is 49.8 Å². The second-order valence-corrected chi connectivity index (χ2v) is 17.1. The summed E-state index contributed by atoms with van der Waals surface area (Å²) in [5.41, 5.74) is 1.61. The Morgan fingerprint density at radius 1 is 1.03 bits per heavy atom. The smallest absolute Gasteiger partial charge is 0.373 e. The van der Waals surface area contributed by atoms with E-state index in [-0.39, 0.29) is 42.3 Å². The van der Waals surface area contributed by atoms with Gasteiger partial charge in [-0.15, -0.1) is 0 Å². The van der Waals surface area contributed by atoms with E-state index in [9.17, 15) is 35.4 Å². The van der Waals surface area contributed by atoms with Gasteiger partial charge in [-0.25, -0.2) is 4.79 Å². The highest BCUT2D eigenvalue weighted by molar-refractivity contribution is 5.87. The molecule has 0 radical (unpaired) electrons. The fourth-order valence-electron chi connectivity index (χ4n) is 8.64. The molecule has 0 saturated carbocycles. The predicted molar refractivity (Wildman–Crippen MR) is 220 cm³/mol. The highest BCUT2D eigenvalue weighted by atomic mass is 16.7. The van der Waals surface area contributed by atoms with Gasteiger partial charge in [0.15, 0.2) is 12.1 Å². The van der Waals surface area contributed by atoms with Crippen LogP contribution in [0, 0.1) is 35.5 Å². The summed E-state index contributed by atoms with van der Waals surface area (Å²) in [5, 5.41) is 67.8. The molecule has 3 rings (SSSR count). The average Bonchev–Trinajstić information content (AvgIpc) is 3.17. The van der Waals surface area contributed by atoms with Crippen LogP contribution in [0.15, 0.2) is 59.4 Å². The molecule has 13 heteroatoms. The van der Waals surface area contributed by atoms with E-state index in [1.807, 2.05) is 65.8 Å². The quantitative estimate of drug-likeness (QED) is 0.129. The maximum absolute atomic E-state index is 13.9. The molecule has 2 saturated heterocycles. The molecule has 0 amide bonds. The van der Waals surface area contributed by atoms with Crippen molar-refractivity contribution < 1.29 is 63.9 Å². The lowest BCUT2D eigenvalue weighted by Crippen LogP contribution is -2.59. The minimum absolute atomic E-state index is 0.0414. The number of carbonyl (C=O) groups excluding carboxylic acids is 1. The Morgan fingerprint density at radius 2 is 1.71 bits per heavy atom. The van der Waals surface area contributed by atoms with Crippen molar-refractivity contribution in [3.63, 3.8) is 0 Å². The maximum Gasteiger partial charge on any atom is 0.373 e. The van der Waals surface area contributed by atoms with E-state index >= 15 is 0 Å². The Kier molecular flexibility index (Phi) is 19.3. The number of allylic oxidation sites excluding steroid dienone is 6. The zero-order valence-electron chi connectivity index (χ0n) is 36.7. The van der Waals surface area contributed by atoms with E-state index < -0.39 is 90.9 Å². The molecule has 2 unspecified atom stereocenters. The Bertz CT molecular complexity index is 1450. The van der Waals surface area contributed by atoms with Crippen molar-refractivity contribution in [3.05, 3.63) is 59.4 Å². The molecule has 3 heterocycles. The minimum Gasteiger partial charge on any atom is -0.490 e. The summed E-state index contributed by atoms with van der Waals surface area (Å²) in [6, 6.07) is 0. The molecule has 58 heavy (non-hydrogen) atoms. The van der Waals surface area contributed by atoms with Crippen molar-refractivity contribution in [2.24, 2.45) is 35.5 Å². The van der Waals surface area contributed by atoms with Gasteiger partial charge >= 0.3 is 5.97 Å². The van der Waals surface area contributed by atoms with Crippen molar-refractivity contribution in [1.82, 2.24) is 0 Å². The normalized spacial score (nSPS) is 43.9. The monoisotopic (exact) mass is 823 g/mol. The van der Waals surface area contributed by atoms with Gasteiger partial charge in [0, 0.05) is 49.5 Å². The second kappa shape index (κ2) is 22.4. The first-order chi connectivity index (χ1) is 27.2. The number of cyclic esters (lactones) is 1. The number of methoxy groups -OCH3 is 2. The van der Waals surface area contributed by atoms with Gasteiger partial charge < -0.3 is 59.1 Å². The SMILES string of the molecule is C/C=C/[C@H]1O[C@@](O)([C@@H](C)[C@H](O)[C@H](C)C2OC(=O)/C(OC)=C/C(C)=C/[C@@H](C)[C@@H](O)C(CC)[C@@H](O)[C@H](C)C/C(C)=C/C=C/[C@@H]2OC)C[C@@H](O[C@H]2C[C@@H](O)[C@H](O)[C@@H](C)O2)[C@@H]1C. The molecule has 0 aromatic carbocycles. The van der Waals surface area contributed by atoms with Crippen molar-refractivity contribution in [3.8, 4) is 0 Å². The molecule has 18 atom stereocenters. The van der Waals surface area contributed by atoms with Crippen LogP contribution in [0.3, 0.4) is 0 Å². The third kappa shape index (κ3) is 12.6. The van der Waals surface area contributed by atoms with Gasteiger partial charge in [-0.3, -0.25) is 0 Å². The number of carbonyl (C=O) groups is 1. The highest BCUT2D eigenvalue weighted by Crippen LogP contribution is 2.42. The number of aliphatic hydroxyl groups excluding tert-OH is 5. The van der Waals surface area contributed by atoms with Gasteiger partial charge in [-0.05, 0) is 52.5 Å². The minimum atomic E-state index is -1.93. The van der Waals surface area contributed by atoms with Crippen LogP contribution in [0.4, 0.5) is 0 Å². The van der Waals surface area contributed by atoms with E-state index in [0.29, 0.717) is 18.4 Å². The summed E-state index contributed by atoms with van der Waals surface area (Å²) in [4.78, 5) is 13.9. The van der Waals surface area contributed by atoms with Crippen LogP contribution in [0.25, 0.3) is 0 Å². The molecule has 0 aromatic heterocycles. The zero-order chi connectivity index (χ0) is 43.6. The zero-order valence-corrected chi connectivity index (χ0v) is 36.7. The summed E-state index contributed by atoms with van der Waals surface area (Å²) in [5.74, 6) is -5.78. The van der Waals surface area contributed by atoms with E-state index in [0.717, 1.165) is 5.57 Å². The summed E-state index contributed by atoms with van der Waals surface area (Å²) in [7, 11) is 2.83. The first-order valence-corrected chi connectivity index (χ1v) is 21.0. The molecule has 332 valence electrons. The van der Waals surface area contributed by atoms with Gasteiger partial charge in [-0.2, -0.15) is 0 Å². The fraction of sp³-hybridized carbons (Fsp3) is 0.756. The Morgan fingerprint density at radius 3 is 2.29 bits per heavy atom. The Hall–Kier alpha value is -2.43. The van der Waals surface area contributed by atoms with Crippen LogP contribution in [0.5, 0.6) is 0 Å². The third-order valence-electron chi connectivity index (χ3n) is 12.5. The topological polar surface area (TPSA) is 194 Å². The lowest BCUT2D eigenvalue weighted by molar-refractivity contribution is -0.339. The summed E-state index contributed by atoms with van der Waals surface area (Å²) in [6.45, 7) is 18.3. The molecule has 6 N–H and O–H groups in total. The molecule has 0 aromatic rings. The van der Waals surface area contributed by atoms with Crippen LogP contribution in [0.1, 0.15) is 94.9 Å². The lowest BCUT2D eigenvalue weighted by Gasteiger charge is -2.49. The molecule has 0 spiro atoms. The molecular weight excluding hydrogens is 748 g/mol. The number of esters is 1. The summed E-state index contributed by atoms with van der Waals surface area (Å²) >= 11 is 0. The van der Waals surface area contributed by atoms with E-state index in [4.69, 9.17) is 28.4 Å². The summed E-state index contributed by atoms with van der Waals surface area (Å²) < 4.78 is 36.1. The average molecular weight is 823 g/mol.